The molecule has 0 fully saturated rings. The molecular weight excluding hydrogens is 310 g/mol. The lowest BCUT2D eigenvalue weighted by Gasteiger charge is -2.24. The zero-order valence-electron chi connectivity index (χ0n) is 11.0. The molecule has 0 aliphatic carbocycles. The van der Waals surface area contributed by atoms with Crippen molar-refractivity contribution in [1.29, 1.82) is 5.26 Å². The van der Waals surface area contributed by atoms with E-state index < -0.39 is 5.60 Å². The number of pyridine rings is 1. The molecule has 6 heteroatoms. The Hall–Kier alpha value is -1.61. The predicted molar refractivity (Wildman–Crippen MR) is 72.1 cm³/mol. The van der Waals surface area contributed by atoms with Gasteiger partial charge in [0.2, 0.25) is 0 Å². The number of ether oxygens (including phenoxy) is 1. The number of halogens is 1. The van der Waals surface area contributed by atoms with E-state index in [0.717, 1.165) is 11.1 Å². The van der Waals surface area contributed by atoms with Gasteiger partial charge in [-0.2, -0.15) is 5.26 Å². The third-order valence-electron chi connectivity index (χ3n) is 2.70. The summed E-state index contributed by atoms with van der Waals surface area (Å²) in [6.07, 6.45) is 1.31. The predicted octanol–water partition coefficient (Wildman–Crippen LogP) is 2.97. The minimum absolute atomic E-state index is 0.372. The molecule has 0 aromatic carbocycles. The topological polar surface area (TPSA) is 66.2 Å². The van der Waals surface area contributed by atoms with Crippen LogP contribution in [-0.2, 0) is 17.8 Å². The van der Waals surface area contributed by atoms with Crippen molar-refractivity contribution in [3.8, 4) is 6.07 Å². The largest absolute Gasteiger partial charge is 0.444 e. The summed E-state index contributed by atoms with van der Waals surface area (Å²) >= 11 is 3.25. The molecule has 1 aliphatic rings. The van der Waals surface area contributed by atoms with Crippen LogP contribution in [0.25, 0.3) is 0 Å². The maximum atomic E-state index is 12.0. The number of carbonyl (C=O) groups is 1. The average Bonchev–Trinajstić information content (AvgIpc) is 2.70. The first kappa shape index (κ1) is 13.8. The van der Waals surface area contributed by atoms with E-state index in [9.17, 15) is 4.79 Å². The summed E-state index contributed by atoms with van der Waals surface area (Å²) in [7, 11) is 0. The molecule has 1 aromatic heterocycles. The van der Waals surface area contributed by atoms with Gasteiger partial charge in [-0.05, 0) is 47.8 Å². The molecule has 0 N–H and O–H groups in total. The zero-order valence-corrected chi connectivity index (χ0v) is 12.6. The van der Waals surface area contributed by atoms with Crippen molar-refractivity contribution < 1.29 is 9.53 Å². The van der Waals surface area contributed by atoms with Gasteiger partial charge < -0.3 is 4.74 Å². The van der Waals surface area contributed by atoms with Crippen molar-refractivity contribution in [3.05, 3.63) is 27.5 Å². The number of nitrogens with zero attached hydrogens (tertiary/aromatic N) is 3. The van der Waals surface area contributed by atoms with Crippen molar-refractivity contribution in [2.45, 2.75) is 39.5 Å². The van der Waals surface area contributed by atoms with Crippen LogP contribution in [0, 0.1) is 11.3 Å². The van der Waals surface area contributed by atoms with Crippen LogP contribution < -0.4 is 0 Å². The highest BCUT2D eigenvalue weighted by molar-refractivity contribution is 9.10. The summed E-state index contributed by atoms with van der Waals surface area (Å²) in [4.78, 5) is 17.7. The Morgan fingerprint density at radius 1 is 1.53 bits per heavy atom. The van der Waals surface area contributed by atoms with Gasteiger partial charge in [0.15, 0.2) is 0 Å². The highest BCUT2D eigenvalue weighted by atomic mass is 79.9. The van der Waals surface area contributed by atoms with E-state index in [1.165, 1.54) is 0 Å². The van der Waals surface area contributed by atoms with Crippen LogP contribution in [0.4, 0.5) is 4.79 Å². The fourth-order valence-corrected chi connectivity index (χ4v) is 2.33. The Labute approximate surface area is 120 Å². The van der Waals surface area contributed by atoms with Gasteiger partial charge in [0, 0.05) is 6.20 Å². The van der Waals surface area contributed by atoms with Gasteiger partial charge in [-0.1, -0.05) is 0 Å². The van der Waals surface area contributed by atoms with Gasteiger partial charge in [0.05, 0.1) is 18.7 Å². The summed E-state index contributed by atoms with van der Waals surface area (Å²) in [5.41, 5.74) is 1.70. The van der Waals surface area contributed by atoms with Crippen LogP contribution in [0.5, 0.6) is 0 Å². The van der Waals surface area contributed by atoms with Gasteiger partial charge in [-0.15, -0.1) is 0 Å². The SMILES string of the molecule is CC(C)(C)OC(=O)N1Cc2cnc(Br)c(C#N)c2C1. The lowest BCUT2D eigenvalue weighted by molar-refractivity contribution is 0.0242. The summed E-state index contributed by atoms with van der Waals surface area (Å²) < 4.78 is 5.84. The molecule has 0 unspecified atom stereocenters. The van der Waals surface area contributed by atoms with Crippen LogP contribution in [-0.4, -0.2) is 21.6 Å². The van der Waals surface area contributed by atoms with Crippen molar-refractivity contribution in [2.75, 3.05) is 0 Å². The van der Waals surface area contributed by atoms with Gasteiger partial charge in [-0.25, -0.2) is 9.78 Å². The molecule has 1 aliphatic heterocycles. The zero-order chi connectivity index (χ0) is 14.2. The molecule has 2 rings (SSSR count). The average molecular weight is 324 g/mol. The van der Waals surface area contributed by atoms with E-state index in [2.05, 4.69) is 27.0 Å². The highest BCUT2D eigenvalue weighted by Crippen LogP contribution is 2.29. The minimum atomic E-state index is -0.525. The summed E-state index contributed by atoms with van der Waals surface area (Å²) in [6, 6.07) is 2.12. The molecule has 0 saturated carbocycles. The third-order valence-corrected chi connectivity index (χ3v) is 3.30. The van der Waals surface area contributed by atoms with E-state index >= 15 is 0 Å². The Kier molecular flexibility index (Phi) is 3.50. The standard InChI is InChI=1S/C13H14BrN3O2/c1-13(2,3)19-12(18)17-6-8-5-16-11(14)9(4-15)10(8)7-17/h5H,6-7H2,1-3H3. The second-order valence-corrected chi connectivity index (χ2v) is 6.13. The lowest BCUT2D eigenvalue weighted by Crippen LogP contribution is -2.33. The Morgan fingerprint density at radius 2 is 2.21 bits per heavy atom. The number of fused-ring (bicyclic) bond motifs is 1. The fraction of sp³-hybridized carbons (Fsp3) is 0.462. The number of amides is 1. The van der Waals surface area contributed by atoms with E-state index in [4.69, 9.17) is 10.00 Å². The first-order valence-corrected chi connectivity index (χ1v) is 6.65. The van der Waals surface area contributed by atoms with Crippen LogP contribution in [0.2, 0.25) is 0 Å². The maximum Gasteiger partial charge on any atom is 0.410 e. The molecule has 2 heterocycles. The quantitative estimate of drug-likeness (QED) is 0.688. The molecule has 0 atom stereocenters. The molecule has 0 saturated heterocycles. The molecule has 0 spiro atoms. The van der Waals surface area contributed by atoms with E-state index in [-0.39, 0.29) is 6.09 Å². The van der Waals surface area contributed by atoms with Gasteiger partial charge >= 0.3 is 6.09 Å². The number of hydrogen-bond acceptors (Lipinski definition) is 4. The molecule has 19 heavy (non-hydrogen) atoms. The van der Waals surface area contributed by atoms with Crippen LogP contribution >= 0.6 is 15.9 Å². The first-order valence-electron chi connectivity index (χ1n) is 5.86. The van der Waals surface area contributed by atoms with Crippen LogP contribution in [0.1, 0.15) is 37.5 Å². The second-order valence-electron chi connectivity index (χ2n) is 5.38. The number of aromatic nitrogens is 1. The van der Waals surface area contributed by atoms with Gasteiger partial charge in [-0.3, -0.25) is 4.90 Å². The number of hydrogen-bond donors (Lipinski definition) is 0. The number of nitriles is 1. The Morgan fingerprint density at radius 3 is 2.79 bits per heavy atom. The van der Waals surface area contributed by atoms with Gasteiger partial charge in [0.1, 0.15) is 16.3 Å². The Bertz CT molecular complexity index is 572. The van der Waals surface area contributed by atoms with E-state index in [1.54, 1.807) is 11.1 Å². The molecule has 5 nitrogen and oxygen atoms in total. The minimum Gasteiger partial charge on any atom is -0.444 e. The third kappa shape index (κ3) is 2.87. The summed E-state index contributed by atoms with van der Waals surface area (Å²) in [5, 5.41) is 9.14. The van der Waals surface area contributed by atoms with Crippen molar-refractivity contribution >= 4 is 22.0 Å². The number of carbonyl (C=O) groups excluding carboxylic acids is 1. The van der Waals surface area contributed by atoms with E-state index in [1.807, 2.05) is 20.8 Å². The molecule has 1 aromatic rings. The first-order chi connectivity index (χ1) is 8.81. The molecule has 0 bridgehead atoms. The van der Waals surface area contributed by atoms with Crippen LogP contribution in [0.3, 0.4) is 0 Å². The van der Waals surface area contributed by atoms with Gasteiger partial charge in [0.25, 0.3) is 0 Å². The normalized spacial score (nSPS) is 13.9. The van der Waals surface area contributed by atoms with Crippen LogP contribution in [0.15, 0.2) is 10.8 Å². The van der Waals surface area contributed by atoms with E-state index in [0.29, 0.717) is 23.3 Å². The monoisotopic (exact) mass is 323 g/mol. The highest BCUT2D eigenvalue weighted by Gasteiger charge is 2.30. The number of rotatable bonds is 0. The molecule has 100 valence electrons. The second kappa shape index (κ2) is 4.82. The summed E-state index contributed by atoms with van der Waals surface area (Å²) in [6.45, 7) is 6.29. The smallest absolute Gasteiger partial charge is 0.410 e. The fourth-order valence-electron chi connectivity index (χ4n) is 1.90. The maximum absolute atomic E-state index is 12.0. The molecule has 0 radical (unpaired) electrons. The van der Waals surface area contributed by atoms with Crippen molar-refractivity contribution in [3.63, 3.8) is 0 Å². The summed E-state index contributed by atoms with van der Waals surface area (Å²) in [5.74, 6) is 0. The molecule has 1 amide bonds. The van der Waals surface area contributed by atoms with Crippen molar-refractivity contribution in [1.82, 2.24) is 9.88 Å². The Balaban J connectivity index is 2.22. The molecular formula is C13H14BrN3O2. The lowest BCUT2D eigenvalue weighted by atomic mass is 10.1. The van der Waals surface area contributed by atoms with Crippen molar-refractivity contribution in [2.24, 2.45) is 0 Å².